The molecule has 0 saturated carbocycles. The van der Waals surface area contributed by atoms with Crippen LogP contribution in [0.3, 0.4) is 0 Å². The van der Waals surface area contributed by atoms with E-state index >= 15 is 0 Å². The third-order valence-corrected chi connectivity index (χ3v) is 5.49. The number of rotatable bonds is 7. The number of amides is 1. The highest BCUT2D eigenvalue weighted by Gasteiger charge is 2.43. The number of halogens is 5. The lowest BCUT2D eigenvalue weighted by Gasteiger charge is -2.32. The first kappa shape index (κ1) is 23.5. The van der Waals surface area contributed by atoms with Gasteiger partial charge in [-0.2, -0.15) is 13.2 Å². The number of hydrogen-bond acceptors (Lipinski definition) is 4. The molecule has 0 spiro atoms. The molecule has 1 aliphatic heterocycles. The minimum absolute atomic E-state index is 0.00987. The van der Waals surface area contributed by atoms with E-state index in [1.807, 2.05) is 0 Å². The molecule has 1 aromatic carbocycles. The summed E-state index contributed by atoms with van der Waals surface area (Å²) in [6.07, 6.45) is -3.31. The van der Waals surface area contributed by atoms with Crippen molar-refractivity contribution in [1.82, 2.24) is 4.90 Å². The number of nitrogens with zero attached hydrogens (tertiary/aromatic N) is 2. The van der Waals surface area contributed by atoms with Gasteiger partial charge in [0.2, 0.25) is 0 Å². The fourth-order valence-corrected chi connectivity index (χ4v) is 3.53. The van der Waals surface area contributed by atoms with Gasteiger partial charge in [-0.1, -0.05) is 34.4 Å². The van der Waals surface area contributed by atoms with Gasteiger partial charge in [-0.05, 0) is 30.9 Å². The standard InChI is InChI=1S/C19H21Cl2F3N2O3/c1-29-25-17(13-2-4-15(20)16(21)11-13)5-3-14(27)10-12-6-8-26(9-7-12)18(28)19(22,23)24/h2,4,11-12H,3,5-10H2,1H3/b25-17-. The highest BCUT2D eigenvalue weighted by molar-refractivity contribution is 6.42. The summed E-state index contributed by atoms with van der Waals surface area (Å²) in [5.41, 5.74) is 1.23. The van der Waals surface area contributed by atoms with Gasteiger partial charge in [-0.25, -0.2) is 0 Å². The predicted molar refractivity (Wildman–Crippen MR) is 104 cm³/mol. The van der Waals surface area contributed by atoms with Crippen molar-refractivity contribution in [2.75, 3.05) is 20.2 Å². The maximum absolute atomic E-state index is 12.5. The van der Waals surface area contributed by atoms with Crippen LogP contribution < -0.4 is 0 Å². The van der Waals surface area contributed by atoms with Crippen molar-refractivity contribution >= 4 is 40.6 Å². The zero-order valence-corrected chi connectivity index (χ0v) is 17.3. The van der Waals surface area contributed by atoms with Crippen LogP contribution in [0.1, 0.15) is 37.7 Å². The van der Waals surface area contributed by atoms with E-state index in [4.69, 9.17) is 28.0 Å². The number of piperidine rings is 1. The van der Waals surface area contributed by atoms with Gasteiger partial charge < -0.3 is 9.74 Å². The molecular weight excluding hydrogens is 432 g/mol. The summed E-state index contributed by atoms with van der Waals surface area (Å²) < 4.78 is 37.5. The molecule has 0 atom stereocenters. The monoisotopic (exact) mass is 452 g/mol. The number of carbonyl (C=O) groups is 2. The Labute approximate surface area is 176 Å². The SMILES string of the molecule is CO/N=C(/CCC(=O)CC1CCN(C(=O)C(F)(F)F)CC1)c1ccc(Cl)c(Cl)c1. The Morgan fingerprint density at radius 2 is 1.83 bits per heavy atom. The predicted octanol–water partition coefficient (Wildman–Crippen LogP) is 4.88. The number of likely N-dealkylation sites (tertiary alicyclic amines) is 1. The fraction of sp³-hybridized carbons (Fsp3) is 0.526. The molecule has 1 fully saturated rings. The van der Waals surface area contributed by atoms with E-state index in [1.165, 1.54) is 7.11 Å². The molecule has 29 heavy (non-hydrogen) atoms. The average Bonchev–Trinajstić information content (AvgIpc) is 2.66. The van der Waals surface area contributed by atoms with Crippen molar-refractivity contribution in [1.29, 1.82) is 0 Å². The zero-order valence-electron chi connectivity index (χ0n) is 15.8. The van der Waals surface area contributed by atoms with Crippen molar-refractivity contribution in [3.05, 3.63) is 33.8 Å². The first-order chi connectivity index (χ1) is 13.6. The van der Waals surface area contributed by atoms with Crippen LogP contribution in [0.15, 0.2) is 23.4 Å². The summed E-state index contributed by atoms with van der Waals surface area (Å²) in [6, 6.07) is 4.99. The van der Waals surface area contributed by atoms with Gasteiger partial charge in [0.1, 0.15) is 12.9 Å². The normalized spacial score (nSPS) is 16.1. The Bertz CT molecular complexity index is 776. The molecule has 1 saturated heterocycles. The second-order valence-corrected chi connectivity index (χ2v) is 7.64. The van der Waals surface area contributed by atoms with Crippen LogP contribution in [0, 0.1) is 5.92 Å². The van der Waals surface area contributed by atoms with Gasteiger partial charge in [0.25, 0.3) is 0 Å². The fourth-order valence-electron chi connectivity index (χ4n) is 3.23. The summed E-state index contributed by atoms with van der Waals surface area (Å²) in [5, 5.41) is 4.71. The number of benzene rings is 1. The molecule has 0 N–H and O–H groups in total. The topological polar surface area (TPSA) is 59.0 Å². The quantitative estimate of drug-likeness (QED) is 0.437. The minimum atomic E-state index is -4.86. The molecule has 1 heterocycles. The first-order valence-corrected chi connectivity index (χ1v) is 9.80. The lowest BCUT2D eigenvalue weighted by Crippen LogP contribution is -2.45. The third kappa shape index (κ3) is 6.89. The van der Waals surface area contributed by atoms with Crippen molar-refractivity contribution in [3.8, 4) is 0 Å². The van der Waals surface area contributed by atoms with Gasteiger partial charge in [0.15, 0.2) is 0 Å². The van der Waals surface area contributed by atoms with Crippen LogP contribution in [0.2, 0.25) is 10.0 Å². The Balaban J connectivity index is 1.85. The molecule has 10 heteroatoms. The van der Waals surface area contributed by atoms with Gasteiger partial charge in [-0.3, -0.25) is 9.59 Å². The summed E-state index contributed by atoms with van der Waals surface area (Å²) in [4.78, 5) is 29.2. The maximum atomic E-state index is 12.5. The number of oxime groups is 1. The highest BCUT2D eigenvalue weighted by atomic mass is 35.5. The van der Waals surface area contributed by atoms with Crippen LogP contribution >= 0.6 is 23.2 Å². The van der Waals surface area contributed by atoms with Gasteiger partial charge >= 0.3 is 12.1 Å². The number of carbonyl (C=O) groups excluding carboxylic acids is 2. The zero-order chi connectivity index (χ0) is 21.6. The van der Waals surface area contributed by atoms with E-state index in [0.717, 1.165) is 4.90 Å². The molecule has 0 unspecified atom stereocenters. The van der Waals surface area contributed by atoms with Crippen LogP contribution in [0.25, 0.3) is 0 Å². The largest absolute Gasteiger partial charge is 0.471 e. The Kier molecular flexibility index (Phi) is 8.34. The Morgan fingerprint density at radius 3 is 2.38 bits per heavy atom. The van der Waals surface area contributed by atoms with E-state index in [1.54, 1.807) is 18.2 Å². The number of hydrogen-bond donors (Lipinski definition) is 0. The van der Waals surface area contributed by atoms with Gasteiger partial charge in [-0.15, -0.1) is 0 Å². The molecule has 1 aliphatic rings. The van der Waals surface area contributed by atoms with E-state index < -0.39 is 12.1 Å². The summed E-state index contributed by atoms with van der Waals surface area (Å²) >= 11 is 11.9. The maximum Gasteiger partial charge on any atom is 0.471 e. The van der Waals surface area contributed by atoms with E-state index in [-0.39, 0.29) is 37.6 Å². The molecule has 5 nitrogen and oxygen atoms in total. The molecule has 2 rings (SSSR count). The lowest BCUT2D eigenvalue weighted by molar-refractivity contribution is -0.186. The van der Waals surface area contributed by atoms with Gasteiger partial charge in [0, 0.05) is 37.9 Å². The molecule has 1 aromatic rings. The Morgan fingerprint density at radius 1 is 1.17 bits per heavy atom. The molecule has 0 radical (unpaired) electrons. The molecule has 0 bridgehead atoms. The van der Waals surface area contributed by atoms with E-state index in [0.29, 0.717) is 40.6 Å². The van der Waals surface area contributed by atoms with E-state index in [9.17, 15) is 22.8 Å². The third-order valence-electron chi connectivity index (χ3n) is 4.76. The van der Waals surface area contributed by atoms with Crippen LogP contribution in [-0.4, -0.2) is 48.7 Å². The van der Waals surface area contributed by atoms with Crippen molar-refractivity contribution in [2.24, 2.45) is 11.1 Å². The second kappa shape index (κ2) is 10.3. The Hall–Kier alpha value is -1.80. The minimum Gasteiger partial charge on any atom is -0.399 e. The second-order valence-electron chi connectivity index (χ2n) is 6.83. The molecule has 0 aromatic heterocycles. The van der Waals surface area contributed by atoms with Crippen LogP contribution in [-0.2, 0) is 14.4 Å². The van der Waals surface area contributed by atoms with Crippen LogP contribution in [0.5, 0.6) is 0 Å². The highest BCUT2D eigenvalue weighted by Crippen LogP contribution is 2.27. The van der Waals surface area contributed by atoms with Crippen molar-refractivity contribution in [2.45, 2.75) is 38.3 Å². The van der Waals surface area contributed by atoms with Gasteiger partial charge in [0.05, 0.1) is 15.8 Å². The molecular formula is C19H21Cl2F3N2O3. The summed E-state index contributed by atoms with van der Waals surface area (Å²) in [6.45, 7) is 0.0197. The molecule has 1 amide bonds. The van der Waals surface area contributed by atoms with Crippen LogP contribution in [0.4, 0.5) is 13.2 Å². The number of alkyl halides is 3. The van der Waals surface area contributed by atoms with Crippen molar-refractivity contribution < 1.29 is 27.6 Å². The molecule has 0 aliphatic carbocycles. The molecule has 160 valence electrons. The lowest BCUT2D eigenvalue weighted by atomic mass is 9.90. The van der Waals surface area contributed by atoms with Crippen molar-refractivity contribution in [3.63, 3.8) is 0 Å². The smallest absolute Gasteiger partial charge is 0.399 e. The number of Topliss-reactive ketones (excluding diaryl/α,β-unsaturated/α-hetero) is 1. The first-order valence-electron chi connectivity index (χ1n) is 9.05. The summed E-state index contributed by atoms with van der Waals surface area (Å²) in [5.74, 6) is -1.87. The number of ketones is 1. The van der Waals surface area contributed by atoms with E-state index in [2.05, 4.69) is 5.16 Å². The average molecular weight is 453 g/mol. The summed E-state index contributed by atoms with van der Waals surface area (Å²) in [7, 11) is 1.40.